The van der Waals surface area contributed by atoms with Crippen LogP contribution in [0.2, 0.25) is 0 Å². The van der Waals surface area contributed by atoms with Crippen molar-refractivity contribution < 1.29 is 14.7 Å². The van der Waals surface area contributed by atoms with Crippen LogP contribution >= 0.6 is 11.3 Å². The Morgan fingerprint density at radius 3 is 2.90 bits per heavy atom. The highest BCUT2D eigenvalue weighted by atomic mass is 32.1. The molecule has 0 saturated heterocycles. The van der Waals surface area contributed by atoms with E-state index < -0.39 is 18.2 Å². The molecule has 0 radical (unpaired) electrons. The summed E-state index contributed by atoms with van der Waals surface area (Å²) in [6.07, 6.45) is 1.31. The van der Waals surface area contributed by atoms with Crippen LogP contribution in [-0.4, -0.2) is 26.8 Å². The standard InChI is InChI=1S/C14H10N2O3S/c17-12(5-13(18)19)14-16-11(7-20-14)9-6-15-10-4-2-1-3-8(9)10/h1-4,6-7,15H,5H2,(H,18,19). The zero-order valence-electron chi connectivity index (χ0n) is 10.3. The summed E-state index contributed by atoms with van der Waals surface area (Å²) in [5, 5.41) is 11.6. The van der Waals surface area contributed by atoms with Gasteiger partial charge in [0.25, 0.3) is 0 Å². The zero-order valence-corrected chi connectivity index (χ0v) is 11.1. The lowest BCUT2D eigenvalue weighted by molar-refractivity contribution is -0.135. The summed E-state index contributed by atoms with van der Waals surface area (Å²) in [6, 6.07) is 7.80. The summed E-state index contributed by atoms with van der Waals surface area (Å²) < 4.78 is 0. The van der Waals surface area contributed by atoms with Crippen molar-refractivity contribution in [2.75, 3.05) is 0 Å². The molecule has 0 saturated carbocycles. The number of aromatic amines is 1. The van der Waals surface area contributed by atoms with E-state index in [-0.39, 0.29) is 5.01 Å². The molecule has 2 aromatic heterocycles. The number of nitrogens with zero attached hydrogens (tertiary/aromatic N) is 1. The second kappa shape index (κ2) is 4.90. The number of aliphatic carboxylic acids is 1. The number of ketones is 1. The molecule has 0 aliphatic carbocycles. The summed E-state index contributed by atoms with van der Waals surface area (Å²) in [7, 11) is 0. The van der Waals surface area contributed by atoms with Gasteiger partial charge in [0.2, 0.25) is 5.78 Å². The number of nitrogens with one attached hydrogen (secondary N) is 1. The predicted molar refractivity (Wildman–Crippen MR) is 76.0 cm³/mol. The zero-order chi connectivity index (χ0) is 14.1. The molecule has 0 spiro atoms. The second-order valence-corrected chi connectivity index (χ2v) is 5.14. The molecule has 1 aromatic carbocycles. The van der Waals surface area contributed by atoms with Gasteiger partial charge in [-0.05, 0) is 6.07 Å². The van der Waals surface area contributed by atoms with Gasteiger partial charge in [-0.2, -0.15) is 0 Å². The number of carbonyl (C=O) groups is 2. The Kier molecular flexibility index (Phi) is 3.08. The number of carbonyl (C=O) groups excluding carboxylic acids is 1. The van der Waals surface area contributed by atoms with Crippen molar-refractivity contribution in [3.05, 3.63) is 40.8 Å². The van der Waals surface area contributed by atoms with Gasteiger partial charge in [-0.3, -0.25) is 9.59 Å². The average Bonchev–Trinajstić information content (AvgIpc) is 3.04. The number of fused-ring (bicyclic) bond motifs is 1. The number of benzene rings is 1. The van der Waals surface area contributed by atoms with Crippen LogP contribution in [-0.2, 0) is 4.79 Å². The van der Waals surface area contributed by atoms with Gasteiger partial charge in [0.05, 0.1) is 5.69 Å². The molecular weight excluding hydrogens is 276 g/mol. The first-order valence-electron chi connectivity index (χ1n) is 5.92. The van der Waals surface area contributed by atoms with Gasteiger partial charge < -0.3 is 10.1 Å². The highest BCUT2D eigenvalue weighted by Gasteiger charge is 2.16. The number of carboxylic acid groups (broad SMARTS) is 1. The Morgan fingerprint density at radius 2 is 2.10 bits per heavy atom. The Morgan fingerprint density at radius 1 is 1.30 bits per heavy atom. The van der Waals surface area contributed by atoms with Crippen molar-refractivity contribution in [3.63, 3.8) is 0 Å². The minimum atomic E-state index is -1.14. The van der Waals surface area contributed by atoms with E-state index in [9.17, 15) is 9.59 Å². The molecule has 0 unspecified atom stereocenters. The maximum atomic E-state index is 11.7. The van der Waals surface area contributed by atoms with Crippen LogP contribution < -0.4 is 0 Å². The molecule has 0 amide bonds. The quantitative estimate of drug-likeness (QED) is 0.570. The van der Waals surface area contributed by atoms with Crippen LogP contribution in [0.15, 0.2) is 35.8 Å². The van der Waals surface area contributed by atoms with E-state index in [1.54, 1.807) is 5.38 Å². The fourth-order valence-electron chi connectivity index (χ4n) is 2.02. The molecule has 0 atom stereocenters. The van der Waals surface area contributed by atoms with E-state index in [0.717, 1.165) is 16.5 Å². The van der Waals surface area contributed by atoms with Gasteiger partial charge in [-0.1, -0.05) is 18.2 Å². The first-order chi connectivity index (χ1) is 9.65. The van der Waals surface area contributed by atoms with Crippen molar-refractivity contribution in [3.8, 4) is 11.3 Å². The average molecular weight is 286 g/mol. The predicted octanol–water partition coefficient (Wildman–Crippen LogP) is 2.95. The summed E-state index contributed by atoms with van der Waals surface area (Å²) in [5.74, 6) is -1.60. The number of para-hydroxylation sites is 1. The molecule has 6 heteroatoms. The lowest BCUT2D eigenvalue weighted by Gasteiger charge is -1.94. The minimum absolute atomic E-state index is 0.229. The van der Waals surface area contributed by atoms with Gasteiger partial charge in [0.15, 0.2) is 5.01 Å². The van der Waals surface area contributed by atoms with Crippen LogP contribution in [0, 0.1) is 0 Å². The van der Waals surface area contributed by atoms with Crippen LogP contribution in [0.25, 0.3) is 22.2 Å². The van der Waals surface area contributed by atoms with Gasteiger partial charge >= 0.3 is 5.97 Å². The molecule has 2 N–H and O–H groups in total. The van der Waals surface area contributed by atoms with Crippen molar-refractivity contribution in [1.29, 1.82) is 0 Å². The summed E-state index contributed by atoms with van der Waals surface area (Å²) in [5.41, 5.74) is 2.58. The van der Waals surface area contributed by atoms with Gasteiger partial charge in [-0.15, -0.1) is 11.3 Å². The molecule has 2 heterocycles. The van der Waals surface area contributed by atoms with E-state index in [0.29, 0.717) is 5.69 Å². The number of thiazole rings is 1. The maximum absolute atomic E-state index is 11.7. The van der Waals surface area contributed by atoms with Crippen LogP contribution in [0.3, 0.4) is 0 Å². The topological polar surface area (TPSA) is 83.0 Å². The van der Waals surface area contributed by atoms with E-state index in [1.165, 1.54) is 11.3 Å². The fourth-order valence-corrected chi connectivity index (χ4v) is 2.78. The number of H-pyrrole nitrogens is 1. The number of hydrogen-bond acceptors (Lipinski definition) is 4. The molecule has 0 bridgehead atoms. The Labute approximate surface area is 117 Å². The monoisotopic (exact) mass is 286 g/mol. The van der Waals surface area contributed by atoms with E-state index >= 15 is 0 Å². The van der Waals surface area contributed by atoms with Crippen LogP contribution in [0.4, 0.5) is 0 Å². The molecule has 0 aliphatic heterocycles. The molecule has 3 rings (SSSR count). The first kappa shape index (κ1) is 12.6. The molecule has 3 aromatic rings. The van der Waals surface area contributed by atoms with Crippen LogP contribution in [0.1, 0.15) is 16.2 Å². The van der Waals surface area contributed by atoms with Crippen LogP contribution in [0.5, 0.6) is 0 Å². The summed E-state index contributed by atoms with van der Waals surface area (Å²) in [6.45, 7) is 0. The third-order valence-electron chi connectivity index (χ3n) is 2.92. The van der Waals surface area contributed by atoms with Crippen molar-refractivity contribution >= 4 is 34.0 Å². The number of Topliss-reactive ketones (excluding diaryl/α,β-unsaturated/α-hetero) is 1. The normalized spacial score (nSPS) is 10.8. The van der Waals surface area contributed by atoms with Gasteiger partial charge in [0, 0.05) is 28.0 Å². The lowest BCUT2D eigenvalue weighted by atomic mass is 10.1. The highest BCUT2D eigenvalue weighted by Crippen LogP contribution is 2.29. The lowest BCUT2D eigenvalue weighted by Crippen LogP contribution is -2.06. The van der Waals surface area contributed by atoms with Crippen molar-refractivity contribution in [2.24, 2.45) is 0 Å². The summed E-state index contributed by atoms with van der Waals surface area (Å²) in [4.78, 5) is 29.6. The number of carboxylic acids is 1. The highest BCUT2D eigenvalue weighted by molar-refractivity contribution is 7.12. The Hall–Kier alpha value is -2.47. The van der Waals surface area contributed by atoms with E-state index in [2.05, 4.69) is 9.97 Å². The largest absolute Gasteiger partial charge is 0.481 e. The summed E-state index contributed by atoms with van der Waals surface area (Å²) >= 11 is 1.17. The third kappa shape index (κ3) is 2.21. The smallest absolute Gasteiger partial charge is 0.311 e. The molecular formula is C14H10N2O3S. The number of rotatable bonds is 4. The Bertz CT molecular complexity index is 803. The molecule has 20 heavy (non-hydrogen) atoms. The Balaban J connectivity index is 1.98. The third-order valence-corrected chi connectivity index (χ3v) is 3.80. The number of aromatic nitrogens is 2. The van der Waals surface area contributed by atoms with E-state index in [1.807, 2.05) is 30.5 Å². The molecule has 0 fully saturated rings. The van der Waals surface area contributed by atoms with Gasteiger partial charge in [0.1, 0.15) is 6.42 Å². The molecule has 100 valence electrons. The fraction of sp³-hybridized carbons (Fsp3) is 0.0714. The van der Waals surface area contributed by atoms with Crippen molar-refractivity contribution in [2.45, 2.75) is 6.42 Å². The van der Waals surface area contributed by atoms with Gasteiger partial charge in [-0.25, -0.2) is 4.98 Å². The maximum Gasteiger partial charge on any atom is 0.311 e. The second-order valence-electron chi connectivity index (χ2n) is 4.28. The SMILES string of the molecule is O=C(O)CC(=O)c1nc(-c2c[nH]c3ccccc23)cs1. The minimum Gasteiger partial charge on any atom is -0.481 e. The first-order valence-corrected chi connectivity index (χ1v) is 6.80. The molecule has 5 nitrogen and oxygen atoms in total. The van der Waals surface area contributed by atoms with Crippen molar-refractivity contribution in [1.82, 2.24) is 9.97 Å². The number of hydrogen-bond donors (Lipinski definition) is 2. The molecule has 0 aliphatic rings. The van der Waals surface area contributed by atoms with E-state index in [4.69, 9.17) is 5.11 Å².